The summed E-state index contributed by atoms with van der Waals surface area (Å²) in [5, 5.41) is 31.4. The van der Waals surface area contributed by atoms with Gasteiger partial charge in [0, 0.05) is 27.5 Å². The first-order chi connectivity index (χ1) is 27.1. The van der Waals surface area contributed by atoms with E-state index < -0.39 is 0 Å². The molecule has 7 heteroatoms. The molecule has 0 unspecified atom stereocenters. The van der Waals surface area contributed by atoms with Crippen LogP contribution in [-0.2, 0) is 0 Å². The van der Waals surface area contributed by atoms with Crippen molar-refractivity contribution in [3.8, 4) is 80.3 Å². The number of hydrogen-bond donors (Lipinski definition) is 0. The fourth-order valence-electron chi connectivity index (χ4n) is 7.09. The molecule has 2 heterocycles. The van der Waals surface area contributed by atoms with Gasteiger partial charge in [0.15, 0.2) is 17.5 Å². The van der Waals surface area contributed by atoms with Gasteiger partial charge in [0.1, 0.15) is 0 Å². The Labute approximate surface area is 316 Å². The number of benzene rings is 7. The second-order valence-corrected chi connectivity index (χ2v) is 13.1. The molecule has 2 aromatic heterocycles. The first-order valence-corrected chi connectivity index (χ1v) is 17.6. The third-order valence-corrected chi connectivity index (χ3v) is 9.72. The van der Waals surface area contributed by atoms with Crippen molar-refractivity contribution < 1.29 is 0 Å². The van der Waals surface area contributed by atoms with Crippen molar-refractivity contribution in [2.45, 2.75) is 0 Å². The maximum absolute atomic E-state index is 10.1. The van der Waals surface area contributed by atoms with Gasteiger partial charge in [-0.1, -0.05) is 97.1 Å². The van der Waals surface area contributed by atoms with Crippen molar-refractivity contribution in [3.05, 3.63) is 180 Å². The predicted molar refractivity (Wildman–Crippen MR) is 215 cm³/mol. The number of fused-ring (bicyclic) bond motifs is 3. The van der Waals surface area contributed by atoms with Gasteiger partial charge in [0.05, 0.1) is 51.6 Å². The largest absolute Gasteiger partial charge is 0.308 e. The number of nitriles is 3. The van der Waals surface area contributed by atoms with E-state index in [4.69, 9.17) is 15.0 Å². The van der Waals surface area contributed by atoms with Gasteiger partial charge in [-0.05, 0) is 89.0 Å². The van der Waals surface area contributed by atoms with Gasteiger partial charge in [-0.25, -0.2) is 15.0 Å². The quantitative estimate of drug-likeness (QED) is 0.170. The maximum atomic E-state index is 10.1. The Kier molecular flexibility index (Phi) is 8.18. The van der Waals surface area contributed by atoms with Crippen LogP contribution in [0.25, 0.3) is 83.9 Å². The summed E-state index contributed by atoms with van der Waals surface area (Å²) >= 11 is 0. The summed E-state index contributed by atoms with van der Waals surface area (Å²) in [6.45, 7) is 0. The third-order valence-electron chi connectivity index (χ3n) is 9.72. The van der Waals surface area contributed by atoms with Gasteiger partial charge >= 0.3 is 0 Å². The minimum Gasteiger partial charge on any atom is -0.308 e. The summed E-state index contributed by atoms with van der Waals surface area (Å²) in [6.07, 6.45) is 0. The van der Waals surface area contributed by atoms with Crippen molar-refractivity contribution in [1.29, 1.82) is 15.8 Å². The van der Waals surface area contributed by atoms with Crippen LogP contribution in [0.15, 0.2) is 164 Å². The molecule has 0 saturated heterocycles. The SMILES string of the molecule is N#Cc1cccc(-c2ccc3c(c2)c2cc(-c4cccc(C#N)c4)ccc2n3-c2ccc(C#N)cc2-c2nc(-c3ccccc3)nc(-c3ccccc3)n2)c1. The van der Waals surface area contributed by atoms with Crippen molar-refractivity contribution in [3.63, 3.8) is 0 Å². The zero-order chi connectivity index (χ0) is 37.3. The van der Waals surface area contributed by atoms with Crippen LogP contribution in [0.4, 0.5) is 0 Å². The Hall–Kier alpha value is -8.18. The zero-order valence-electron chi connectivity index (χ0n) is 29.2. The minimum absolute atomic E-state index is 0.435. The lowest BCUT2D eigenvalue weighted by Gasteiger charge is -2.15. The van der Waals surface area contributed by atoms with E-state index in [0.717, 1.165) is 60.9 Å². The summed E-state index contributed by atoms with van der Waals surface area (Å²) in [5.74, 6) is 1.48. The second kappa shape index (κ2) is 13.7. The highest BCUT2D eigenvalue weighted by molar-refractivity contribution is 6.12. The van der Waals surface area contributed by atoms with Gasteiger partial charge in [-0.15, -0.1) is 0 Å². The van der Waals surface area contributed by atoms with Crippen LogP contribution in [0.2, 0.25) is 0 Å². The molecular weight excluding hydrogens is 675 g/mol. The molecule has 55 heavy (non-hydrogen) atoms. The van der Waals surface area contributed by atoms with Gasteiger partial charge in [-0.2, -0.15) is 15.8 Å². The molecular formula is C48H27N7. The first-order valence-electron chi connectivity index (χ1n) is 17.6. The molecule has 0 bridgehead atoms. The molecule has 7 nitrogen and oxygen atoms in total. The van der Waals surface area contributed by atoms with Gasteiger partial charge in [-0.3, -0.25) is 0 Å². The van der Waals surface area contributed by atoms with Gasteiger partial charge in [0.25, 0.3) is 0 Å². The molecule has 9 aromatic rings. The first kappa shape index (κ1) is 32.7. The lowest BCUT2D eigenvalue weighted by molar-refractivity contribution is 1.06. The predicted octanol–water partition coefficient (Wildman–Crippen LogP) is 10.9. The molecule has 7 aromatic carbocycles. The summed E-state index contributed by atoms with van der Waals surface area (Å²) in [6, 6.07) is 59.9. The molecule has 0 N–H and O–H groups in total. The number of aromatic nitrogens is 4. The van der Waals surface area contributed by atoms with Crippen molar-refractivity contribution >= 4 is 21.8 Å². The van der Waals surface area contributed by atoms with Crippen molar-refractivity contribution in [1.82, 2.24) is 19.5 Å². The molecule has 0 aliphatic heterocycles. The van der Waals surface area contributed by atoms with E-state index in [1.807, 2.05) is 115 Å². The van der Waals surface area contributed by atoms with Crippen LogP contribution in [0.3, 0.4) is 0 Å². The summed E-state index contributed by atoms with van der Waals surface area (Å²) in [5.41, 5.74) is 10.5. The Morgan fingerprint density at radius 3 is 1.29 bits per heavy atom. The van der Waals surface area contributed by atoms with Crippen LogP contribution in [0.1, 0.15) is 16.7 Å². The topological polar surface area (TPSA) is 115 Å². The van der Waals surface area contributed by atoms with Crippen LogP contribution in [0.5, 0.6) is 0 Å². The van der Waals surface area contributed by atoms with Crippen LogP contribution < -0.4 is 0 Å². The Morgan fingerprint density at radius 1 is 0.364 bits per heavy atom. The summed E-state index contributed by atoms with van der Waals surface area (Å²) in [7, 11) is 0. The average Bonchev–Trinajstić information content (AvgIpc) is 3.59. The lowest BCUT2D eigenvalue weighted by atomic mass is 9.99. The summed E-state index contributed by atoms with van der Waals surface area (Å²) in [4.78, 5) is 15.0. The Morgan fingerprint density at radius 2 is 0.800 bits per heavy atom. The van der Waals surface area contributed by atoms with E-state index in [0.29, 0.717) is 39.7 Å². The van der Waals surface area contributed by atoms with E-state index >= 15 is 0 Å². The van der Waals surface area contributed by atoms with Crippen molar-refractivity contribution in [2.75, 3.05) is 0 Å². The Bertz CT molecular complexity index is 2900. The van der Waals surface area contributed by atoms with Gasteiger partial charge in [0.2, 0.25) is 0 Å². The highest BCUT2D eigenvalue weighted by Gasteiger charge is 2.21. The molecule has 0 spiro atoms. The van der Waals surface area contributed by atoms with E-state index in [1.54, 1.807) is 12.1 Å². The lowest BCUT2D eigenvalue weighted by Crippen LogP contribution is -2.04. The van der Waals surface area contributed by atoms with Crippen LogP contribution in [0, 0.1) is 34.0 Å². The number of nitrogens with zero attached hydrogens (tertiary/aromatic N) is 7. The van der Waals surface area contributed by atoms with E-state index in [9.17, 15) is 15.8 Å². The number of hydrogen-bond acceptors (Lipinski definition) is 6. The summed E-state index contributed by atoms with van der Waals surface area (Å²) < 4.78 is 2.19. The van der Waals surface area contributed by atoms with E-state index in [2.05, 4.69) is 59.2 Å². The Balaban J connectivity index is 1.33. The van der Waals surface area contributed by atoms with Gasteiger partial charge < -0.3 is 4.57 Å². The van der Waals surface area contributed by atoms with Crippen molar-refractivity contribution in [2.24, 2.45) is 0 Å². The standard InChI is InChI=1S/C48H27N7/c49-28-31-9-7-15-36(23-31)38-18-21-43-40(26-38)41-27-39(37-16-8-10-32(24-37)29-50)19-22-44(41)55(43)45-20-17-33(30-51)25-42(45)48-53-46(34-11-3-1-4-12-34)52-47(54-48)35-13-5-2-6-14-35/h1-27H. The van der Waals surface area contributed by atoms with Crippen LogP contribution >= 0.6 is 0 Å². The third kappa shape index (κ3) is 6.03. The minimum atomic E-state index is 0.435. The molecule has 254 valence electrons. The molecule has 0 fully saturated rings. The van der Waals surface area contributed by atoms with E-state index in [1.165, 1.54) is 0 Å². The fraction of sp³-hybridized carbons (Fsp3) is 0. The molecule has 0 amide bonds. The molecule has 0 aliphatic rings. The number of rotatable bonds is 6. The second-order valence-electron chi connectivity index (χ2n) is 13.1. The normalized spacial score (nSPS) is 10.9. The highest BCUT2D eigenvalue weighted by Crippen LogP contribution is 2.40. The molecule has 0 aliphatic carbocycles. The maximum Gasteiger partial charge on any atom is 0.166 e. The fourth-order valence-corrected chi connectivity index (χ4v) is 7.09. The highest BCUT2D eigenvalue weighted by atomic mass is 15.1. The average molecular weight is 702 g/mol. The molecule has 0 saturated carbocycles. The van der Waals surface area contributed by atoms with Crippen LogP contribution in [-0.4, -0.2) is 19.5 Å². The smallest absolute Gasteiger partial charge is 0.166 e. The molecule has 0 radical (unpaired) electrons. The monoisotopic (exact) mass is 701 g/mol. The van der Waals surface area contributed by atoms with E-state index in [-0.39, 0.29) is 0 Å². The molecule has 0 atom stereocenters. The molecule has 9 rings (SSSR count). The zero-order valence-corrected chi connectivity index (χ0v) is 29.2.